The number of rotatable bonds is 3. The Hall–Kier alpha value is -1.61. The van der Waals surface area contributed by atoms with Crippen molar-refractivity contribution >= 4 is 5.69 Å². The van der Waals surface area contributed by atoms with Crippen LogP contribution in [0.15, 0.2) is 42.5 Å². The summed E-state index contributed by atoms with van der Waals surface area (Å²) in [7, 11) is 0. The number of hydrogen-bond acceptors (Lipinski definition) is 2. The Balaban J connectivity index is 3.16. The molecule has 3 heteroatoms. The molecule has 1 rings (SSSR count). The number of aliphatic hydroxyl groups is 1. The van der Waals surface area contributed by atoms with Crippen LogP contribution in [0.3, 0.4) is 0 Å². The zero-order valence-corrected chi connectivity index (χ0v) is 8.57. The van der Waals surface area contributed by atoms with Crippen LogP contribution in [0, 0.1) is 5.82 Å². The molecule has 0 aliphatic rings. The zero-order chi connectivity index (χ0) is 11.4. The molecular weight excluding hydrogens is 193 g/mol. The third-order valence-corrected chi connectivity index (χ3v) is 2.24. The first-order valence-electron chi connectivity index (χ1n) is 4.62. The minimum absolute atomic E-state index is 0.0334. The molecule has 0 amide bonds. The Morgan fingerprint density at radius 1 is 1.60 bits per heavy atom. The van der Waals surface area contributed by atoms with Crippen LogP contribution >= 0.6 is 0 Å². The molecular formula is C12H14FNO. The quantitative estimate of drug-likeness (QED) is 0.591. The molecule has 0 spiro atoms. The molecule has 0 aliphatic carbocycles. The largest absolute Gasteiger partial charge is 0.396 e. The molecule has 0 heterocycles. The highest BCUT2D eigenvalue weighted by Crippen LogP contribution is 2.27. The lowest BCUT2D eigenvalue weighted by Crippen LogP contribution is -2.04. The standard InChI is InChI=1S/C12H14FNO/c1-3-8(4-2)12(15)9-6-5-7-10(14)11(9)13/h3-7,12,15H,1,14H2,2H3/b8-4+. The fourth-order valence-corrected chi connectivity index (χ4v) is 1.35. The lowest BCUT2D eigenvalue weighted by molar-refractivity contribution is 0.214. The molecule has 0 aliphatic heterocycles. The van der Waals surface area contributed by atoms with Crippen LogP contribution in [0.4, 0.5) is 10.1 Å². The van der Waals surface area contributed by atoms with E-state index >= 15 is 0 Å². The van der Waals surface area contributed by atoms with Crippen LogP contribution in [0.2, 0.25) is 0 Å². The summed E-state index contributed by atoms with van der Waals surface area (Å²) in [5.41, 5.74) is 6.17. The van der Waals surface area contributed by atoms with Gasteiger partial charge in [-0.15, -0.1) is 0 Å². The van der Waals surface area contributed by atoms with Crippen molar-refractivity contribution < 1.29 is 9.50 Å². The molecule has 80 valence electrons. The first-order valence-corrected chi connectivity index (χ1v) is 4.62. The van der Waals surface area contributed by atoms with E-state index in [2.05, 4.69) is 6.58 Å². The normalized spacial score (nSPS) is 13.7. The molecule has 0 bridgehead atoms. The molecule has 0 saturated heterocycles. The highest BCUT2D eigenvalue weighted by molar-refractivity contribution is 5.45. The summed E-state index contributed by atoms with van der Waals surface area (Å²) < 4.78 is 13.5. The Kier molecular flexibility index (Phi) is 3.63. The summed E-state index contributed by atoms with van der Waals surface area (Å²) in [5, 5.41) is 9.85. The van der Waals surface area contributed by atoms with Crippen molar-refractivity contribution in [2.24, 2.45) is 0 Å². The average molecular weight is 207 g/mol. The van der Waals surface area contributed by atoms with E-state index in [9.17, 15) is 9.50 Å². The molecule has 2 nitrogen and oxygen atoms in total. The van der Waals surface area contributed by atoms with Gasteiger partial charge in [0.1, 0.15) is 6.10 Å². The van der Waals surface area contributed by atoms with Gasteiger partial charge in [-0.1, -0.05) is 30.9 Å². The number of benzene rings is 1. The van der Waals surface area contributed by atoms with Crippen LogP contribution < -0.4 is 5.73 Å². The van der Waals surface area contributed by atoms with Crippen molar-refractivity contribution in [1.82, 2.24) is 0 Å². The molecule has 15 heavy (non-hydrogen) atoms. The number of nitrogens with two attached hydrogens (primary N) is 1. The molecule has 1 aromatic rings. The predicted octanol–water partition coefficient (Wildman–Crippen LogP) is 2.57. The molecule has 1 unspecified atom stereocenters. The second-order valence-electron chi connectivity index (χ2n) is 3.15. The van der Waals surface area contributed by atoms with Gasteiger partial charge in [0.2, 0.25) is 0 Å². The average Bonchev–Trinajstić information content (AvgIpc) is 2.23. The van der Waals surface area contributed by atoms with E-state index < -0.39 is 11.9 Å². The summed E-state index contributed by atoms with van der Waals surface area (Å²) >= 11 is 0. The molecule has 1 atom stereocenters. The number of anilines is 1. The fraction of sp³-hybridized carbons (Fsp3) is 0.167. The molecule has 0 aromatic heterocycles. The van der Waals surface area contributed by atoms with Gasteiger partial charge in [-0.3, -0.25) is 0 Å². The van der Waals surface area contributed by atoms with E-state index in [4.69, 9.17) is 5.73 Å². The van der Waals surface area contributed by atoms with Gasteiger partial charge in [0.15, 0.2) is 5.82 Å². The van der Waals surface area contributed by atoms with Crippen LogP contribution in [-0.4, -0.2) is 5.11 Å². The van der Waals surface area contributed by atoms with Gasteiger partial charge in [0, 0.05) is 5.56 Å². The second kappa shape index (κ2) is 4.75. The summed E-state index contributed by atoms with van der Waals surface area (Å²) in [5.74, 6) is -0.578. The number of allylic oxidation sites excluding steroid dienone is 1. The summed E-state index contributed by atoms with van der Waals surface area (Å²) in [6.07, 6.45) is 2.16. The van der Waals surface area contributed by atoms with Crippen LogP contribution in [0.1, 0.15) is 18.6 Å². The van der Waals surface area contributed by atoms with Crippen LogP contribution in [0.5, 0.6) is 0 Å². The molecule has 0 saturated carbocycles. The number of halogens is 1. The molecule has 3 N–H and O–H groups in total. The molecule has 1 aromatic carbocycles. The first kappa shape index (κ1) is 11.5. The summed E-state index contributed by atoms with van der Waals surface area (Å²) in [6, 6.07) is 4.56. The number of nitrogen functional groups attached to an aromatic ring is 1. The van der Waals surface area contributed by atoms with E-state index in [0.29, 0.717) is 5.57 Å². The Labute approximate surface area is 88.5 Å². The zero-order valence-electron chi connectivity index (χ0n) is 8.57. The van der Waals surface area contributed by atoms with Crippen LogP contribution in [0.25, 0.3) is 0 Å². The minimum atomic E-state index is -1.02. The fourth-order valence-electron chi connectivity index (χ4n) is 1.35. The first-order chi connectivity index (χ1) is 7.11. The Morgan fingerprint density at radius 3 is 2.80 bits per heavy atom. The minimum Gasteiger partial charge on any atom is -0.396 e. The maximum atomic E-state index is 13.5. The van der Waals surface area contributed by atoms with E-state index in [-0.39, 0.29) is 11.3 Å². The van der Waals surface area contributed by atoms with Crippen molar-refractivity contribution in [3.05, 3.63) is 53.9 Å². The van der Waals surface area contributed by atoms with Crippen molar-refractivity contribution in [2.75, 3.05) is 5.73 Å². The lowest BCUT2D eigenvalue weighted by Gasteiger charge is -2.13. The summed E-state index contributed by atoms with van der Waals surface area (Å²) in [4.78, 5) is 0. The Bertz CT molecular complexity index is 399. The van der Waals surface area contributed by atoms with Crippen molar-refractivity contribution in [3.8, 4) is 0 Å². The van der Waals surface area contributed by atoms with E-state index in [1.165, 1.54) is 18.2 Å². The topological polar surface area (TPSA) is 46.2 Å². The summed E-state index contributed by atoms with van der Waals surface area (Å²) in [6.45, 7) is 5.30. The van der Waals surface area contributed by atoms with Gasteiger partial charge in [0.25, 0.3) is 0 Å². The lowest BCUT2D eigenvalue weighted by atomic mass is 10.0. The van der Waals surface area contributed by atoms with Crippen molar-refractivity contribution in [2.45, 2.75) is 13.0 Å². The number of aliphatic hydroxyl groups excluding tert-OH is 1. The molecule has 0 radical (unpaired) electrons. The second-order valence-corrected chi connectivity index (χ2v) is 3.15. The highest BCUT2D eigenvalue weighted by Gasteiger charge is 2.16. The van der Waals surface area contributed by atoms with E-state index in [0.717, 1.165) is 0 Å². The third-order valence-electron chi connectivity index (χ3n) is 2.24. The predicted molar refractivity (Wildman–Crippen MR) is 59.7 cm³/mol. The van der Waals surface area contributed by atoms with Gasteiger partial charge in [-0.25, -0.2) is 4.39 Å². The monoisotopic (exact) mass is 207 g/mol. The Morgan fingerprint density at radius 2 is 2.27 bits per heavy atom. The van der Waals surface area contributed by atoms with Gasteiger partial charge in [0.05, 0.1) is 5.69 Å². The van der Waals surface area contributed by atoms with Crippen LogP contribution in [-0.2, 0) is 0 Å². The highest BCUT2D eigenvalue weighted by atomic mass is 19.1. The van der Waals surface area contributed by atoms with Crippen molar-refractivity contribution in [1.29, 1.82) is 0 Å². The van der Waals surface area contributed by atoms with E-state index in [1.807, 2.05) is 0 Å². The van der Waals surface area contributed by atoms with Gasteiger partial charge in [-0.05, 0) is 18.6 Å². The van der Waals surface area contributed by atoms with Gasteiger partial charge >= 0.3 is 0 Å². The maximum absolute atomic E-state index is 13.5. The van der Waals surface area contributed by atoms with Gasteiger partial charge in [-0.2, -0.15) is 0 Å². The van der Waals surface area contributed by atoms with Crippen molar-refractivity contribution in [3.63, 3.8) is 0 Å². The smallest absolute Gasteiger partial charge is 0.152 e. The maximum Gasteiger partial charge on any atom is 0.152 e. The molecule has 0 fully saturated rings. The third kappa shape index (κ3) is 2.25. The number of hydrogen-bond donors (Lipinski definition) is 2. The SMILES string of the molecule is C=C/C(=C\C)C(O)c1cccc(N)c1F. The van der Waals surface area contributed by atoms with Gasteiger partial charge < -0.3 is 10.8 Å². The van der Waals surface area contributed by atoms with E-state index in [1.54, 1.807) is 19.1 Å².